The van der Waals surface area contributed by atoms with Gasteiger partial charge in [0.05, 0.1) is 11.7 Å². The van der Waals surface area contributed by atoms with Crippen LogP contribution in [0.1, 0.15) is 37.5 Å². The van der Waals surface area contributed by atoms with Crippen molar-refractivity contribution in [3.05, 3.63) is 34.9 Å². The quantitative estimate of drug-likeness (QED) is 0.722. The minimum Gasteiger partial charge on any atom is -0.507 e. The van der Waals surface area contributed by atoms with E-state index in [-0.39, 0.29) is 5.56 Å². The van der Waals surface area contributed by atoms with Gasteiger partial charge in [-0.3, -0.25) is 0 Å². The number of hydrogen-bond donors (Lipinski definition) is 3. The van der Waals surface area contributed by atoms with Crippen LogP contribution < -0.4 is 5.32 Å². The van der Waals surface area contributed by atoms with Crippen molar-refractivity contribution in [3.63, 3.8) is 0 Å². The smallest absolute Gasteiger partial charge is 0.416 e. The van der Waals surface area contributed by atoms with E-state index in [0.29, 0.717) is 37.0 Å². The molecule has 0 unspecified atom stereocenters. The molecule has 0 saturated carbocycles. The molecule has 0 aliphatic heterocycles. The first-order valence-corrected chi connectivity index (χ1v) is 8.39. The molecule has 0 aliphatic rings. The first kappa shape index (κ1) is 20.0. The summed E-state index contributed by atoms with van der Waals surface area (Å²) in [7, 11) is 0. The number of nitrogens with one attached hydrogen (secondary N) is 1. The second-order valence-electron chi connectivity index (χ2n) is 6.02. The summed E-state index contributed by atoms with van der Waals surface area (Å²) in [5, 5.41) is 30.8. The van der Waals surface area contributed by atoms with Crippen LogP contribution in [0.15, 0.2) is 18.2 Å². The van der Waals surface area contributed by atoms with Crippen molar-refractivity contribution in [2.75, 3.05) is 11.9 Å². The molecule has 0 radical (unpaired) electrons. The summed E-state index contributed by atoms with van der Waals surface area (Å²) in [5.74, 6) is 0.0379. The lowest BCUT2D eigenvalue weighted by atomic mass is 9.96. The van der Waals surface area contributed by atoms with Crippen LogP contribution in [0.25, 0.3) is 11.3 Å². The Morgan fingerprint density at radius 2 is 1.77 bits per heavy atom. The minimum absolute atomic E-state index is 0.208. The van der Waals surface area contributed by atoms with Crippen LogP contribution in [-0.2, 0) is 19.0 Å². The largest absolute Gasteiger partial charge is 0.507 e. The molecule has 2 rings (SSSR count). The predicted octanol–water partition coefficient (Wildman–Crippen LogP) is 3.79. The van der Waals surface area contributed by atoms with Crippen molar-refractivity contribution >= 4 is 5.82 Å². The third-order valence-electron chi connectivity index (χ3n) is 4.04. The lowest BCUT2D eigenvalue weighted by Gasteiger charge is -2.17. The lowest BCUT2D eigenvalue weighted by molar-refractivity contribution is -0.137. The van der Waals surface area contributed by atoms with E-state index in [2.05, 4.69) is 15.5 Å². The first-order valence-electron chi connectivity index (χ1n) is 8.39. The van der Waals surface area contributed by atoms with Gasteiger partial charge in [-0.2, -0.15) is 13.2 Å². The maximum absolute atomic E-state index is 12.8. The van der Waals surface area contributed by atoms with Crippen molar-refractivity contribution in [1.29, 1.82) is 0 Å². The van der Waals surface area contributed by atoms with Crippen LogP contribution in [0.2, 0.25) is 0 Å². The Hall–Kier alpha value is -2.35. The molecular weight excluding hydrogens is 347 g/mol. The van der Waals surface area contributed by atoms with Gasteiger partial charge in [0.1, 0.15) is 11.4 Å². The van der Waals surface area contributed by atoms with E-state index in [1.165, 1.54) is 6.07 Å². The second-order valence-corrected chi connectivity index (χ2v) is 6.02. The molecule has 1 aromatic heterocycles. The maximum Gasteiger partial charge on any atom is 0.416 e. The first-order chi connectivity index (χ1) is 12.2. The zero-order chi connectivity index (χ0) is 19.5. The molecule has 0 bridgehead atoms. The Kier molecular flexibility index (Phi) is 6.07. The number of benzene rings is 1. The van der Waals surface area contributed by atoms with Gasteiger partial charge in [0.25, 0.3) is 0 Å². The SMILES string of the molecule is CCc1c(NC[C@@H](C)O)nnc(-c2ccc(C(F)(F)F)cc2O)c1CC. The van der Waals surface area contributed by atoms with Gasteiger partial charge in [-0.1, -0.05) is 13.8 Å². The summed E-state index contributed by atoms with van der Waals surface area (Å²) in [6.45, 7) is 5.77. The average molecular weight is 369 g/mol. The second kappa shape index (κ2) is 7.90. The van der Waals surface area contributed by atoms with E-state index in [1.807, 2.05) is 13.8 Å². The lowest BCUT2D eigenvalue weighted by Crippen LogP contribution is -2.18. The average Bonchev–Trinajstić information content (AvgIpc) is 2.58. The number of halogens is 3. The summed E-state index contributed by atoms with van der Waals surface area (Å²) >= 11 is 0. The van der Waals surface area contributed by atoms with Gasteiger partial charge in [0.2, 0.25) is 0 Å². The van der Waals surface area contributed by atoms with Gasteiger partial charge in [-0.15, -0.1) is 10.2 Å². The summed E-state index contributed by atoms with van der Waals surface area (Å²) in [5.41, 5.74) is 1.30. The highest BCUT2D eigenvalue weighted by molar-refractivity contribution is 5.72. The highest BCUT2D eigenvalue weighted by Crippen LogP contribution is 2.38. The van der Waals surface area contributed by atoms with Crippen LogP contribution in [0.4, 0.5) is 19.0 Å². The number of phenols is 1. The van der Waals surface area contributed by atoms with Gasteiger partial charge >= 0.3 is 6.18 Å². The molecule has 0 amide bonds. The molecule has 1 aromatic carbocycles. The Morgan fingerprint density at radius 1 is 1.12 bits per heavy atom. The number of anilines is 1. The highest BCUT2D eigenvalue weighted by Gasteiger charge is 2.31. The van der Waals surface area contributed by atoms with E-state index < -0.39 is 23.6 Å². The molecule has 5 nitrogen and oxygen atoms in total. The molecule has 142 valence electrons. The summed E-state index contributed by atoms with van der Waals surface area (Å²) in [6, 6.07) is 2.83. The Bertz CT molecular complexity index is 777. The van der Waals surface area contributed by atoms with Crippen molar-refractivity contribution in [2.24, 2.45) is 0 Å². The topological polar surface area (TPSA) is 78.3 Å². The Balaban J connectivity index is 2.53. The predicted molar refractivity (Wildman–Crippen MR) is 93.1 cm³/mol. The fraction of sp³-hybridized carbons (Fsp3) is 0.444. The summed E-state index contributed by atoms with van der Waals surface area (Å²) < 4.78 is 38.4. The monoisotopic (exact) mass is 369 g/mol. The number of aromatic hydroxyl groups is 1. The number of nitrogens with zero attached hydrogens (tertiary/aromatic N) is 2. The standard InChI is InChI=1S/C18H22F3N3O2/c1-4-12-13(5-2)17(22-9-10(3)25)24-23-16(12)14-7-6-11(8-15(14)26)18(19,20)21/h6-8,10,25-26H,4-5,9H2,1-3H3,(H,22,24)/t10-/m1/s1. The Labute approximate surface area is 149 Å². The zero-order valence-corrected chi connectivity index (χ0v) is 14.9. The number of alkyl halides is 3. The molecule has 3 N–H and O–H groups in total. The summed E-state index contributed by atoms with van der Waals surface area (Å²) in [6.07, 6.45) is -3.91. The molecule has 8 heteroatoms. The molecule has 0 spiro atoms. The van der Waals surface area contributed by atoms with Crippen molar-refractivity contribution < 1.29 is 23.4 Å². The molecule has 0 saturated heterocycles. The molecule has 2 aromatic rings. The number of rotatable bonds is 6. The molecule has 0 aliphatic carbocycles. The number of aromatic nitrogens is 2. The van der Waals surface area contributed by atoms with Gasteiger partial charge in [-0.25, -0.2) is 0 Å². The maximum atomic E-state index is 12.8. The van der Waals surface area contributed by atoms with Crippen molar-refractivity contribution in [1.82, 2.24) is 10.2 Å². The molecule has 26 heavy (non-hydrogen) atoms. The van der Waals surface area contributed by atoms with E-state index >= 15 is 0 Å². The number of phenolic OH excluding ortho intramolecular Hbond substituents is 1. The number of hydrogen-bond acceptors (Lipinski definition) is 5. The van der Waals surface area contributed by atoms with Crippen LogP contribution in [-0.4, -0.2) is 33.1 Å². The minimum atomic E-state index is -4.53. The van der Waals surface area contributed by atoms with Gasteiger partial charge in [0.15, 0.2) is 5.82 Å². The van der Waals surface area contributed by atoms with Gasteiger partial charge in [0, 0.05) is 17.7 Å². The van der Waals surface area contributed by atoms with Gasteiger partial charge in [-0.05, 0) is 43.5 Å². The molecule has 0 fully saturated rings. The highest BCUT2D eigenvalue weighted by atomic mass is 19.4. The zero-order valence-electron chi connectivity index (χ0n) is 14.9. The molecular formula is C18H22F3N3O2. The number of aliphatic hydroxyl groups is 1. The molecule has 1 heterocycles. The van der Waals surface area contributed by atoms with Crippen molar-refractivity contribution in [3.8, 4) is 17.0 Å². The van der Waals surface area contributed by atoms with E-state index in [1.54, 1.807) is 6.92 Å². The third kappa shape index (κ3) is 4.24. The van der Waals surface area contributed by atoms with Gasteiger partial charge < -0.3 is 15.5 Å². The van der Waals surface area contributed by atoms with Crippen LogP contribution >= 0.6 is 0 Å². The fourth-order valence-corrected chi connectivity index (χ4v) is 2.78. The molecule has 1 atom stereocenters. The van der Waals surface area contributed by atoms with Crippen LogP contribution in [0.5, 0.6) is 5.75 Å². The van der Waals surface area contributed by atoms with Crippen LogP contribution in [0, 0.1) is 0 Å². The van der Waals surface area contributed by atoms with E-state index in [9.17, 15) is 23.4 Å². The number of aliphatic hydroxyl groups excluding tert-OH is 1. The third-order valence-corrected chi connectivity index (χ3v) is 4.04. The normalized spacial score (nSPS) is 12.9. The van der Waals surface area contributed by atoms with Crippen LogP contribution in [0.3, 0.4) is 0 Å². The van der Waals surface area contributed by atoms with Crippen molar-refractivity contribution in [2.45, 2.75) is 45.9 Å². The van der Waals surface area contributed by atoms with E-state index in [0.717, 1.165) is 17.2 Å². The summed E-state index contributed by atoms with van der Waals surface area (Å²) in [4.78, 5) is 0. The fourth-order valence-electron chi connectivity index (χ4n) is 2.78. The Morgan fingerprint density at radius 3 is 2.27 bits per heavy atom. The van der Waals surface area contributed by atoms with E-state index in [4.69, 9.17) is 0 Å².